The van der Waals surface area contributed by atoms with E-state index < -0.39 is 0 Å². The van der Waals surface area contributed by atoms with Crippen LogP contribution in [0.15, 0.2) is 12.2 Å². The maximum atomic E-state index is 5.62. The minimum absolute atomic E-state index is 0.163. The molecule has 0 saturated heterocycles. The fourth-order valence-corrected chi connectivity index (χ4v) is 2.46. The third-order valence-corrected chi connectivity index (χ3v) is 3.32. The Hall–Kier alpha value is -0.0831. The van der Waals surface area contributed by atoms with Crippen LogP contribution in [-0.4, -0.2) is 16.4 Å². The summed E-state index contributed by atoms with van der Waals surface area (Å²) in [6, 6.07) is 1.36. The first kappa shape index (κ1) is 12.9. The first-order chi connectivity index (χ1) is 6.41. The van der Waals surface area contributed by atoms with Gasteiger partial charge in [-0.2, -0.15) is 0 Å². The standard InChI is InChI=1S/C11H24OSi/c1-3-5-7-8-9-10-12-13-11-6-4-2/h5,7H,3-4,6,8-11,13H2,1-2H3. The highest BCUT2D eigenvalue weighted by Crippen LogP contribution is 1.96. The van der Waals surface area contributed by atoms with Crippen LogP contribution in [0, 0.1) is 0 Å². The maximum absolute atomic E-state index is 5.62. The summed E-state index contributed by atoms with van der Waals surface area (Å²) in [6.07, 6.45) is 10.7. The van der Waals surface area contributed by atoms with E-state index in [0.717, 1.165) is 13.0 Å². The Bertz CT molecular complexity index is 113. The monoisotopic (exact) mass is 200 g/mol. The molecule has 0 spiro atoms. The van der Waals surface area contributed by atoms with Crippen LogP contribution < -0.4 is 0 Å². The quantitative estimate of drug-likeness (QED) is 0.316. The van der Waals surface area contributed by atoms with E-state index in [4.69, 9.17) is 4.43 Å². The molecule has 0 amide bonds. The van der Waals surface area contributed by atoms with Gasteiger partial charge in [0.05, 0.1) is 0 Å². The molecule has 0 saturated carbocycles. The van der Waals surface area contributed by atoms with Gasteiger partial charge in [0.2, 0.25) is 0 Å². The van der Waals surface area contributed by atoms with Crippen LogP contribution in [0.3, 0.4) is 0 Å². The van der Waals surface area contributed by atoms with Crippen molar-refractivity contribution in [1.82, 2.24) is 0 Å². The second-order valence-corrected chi connectivity index (χ2v) is 4.86. The van der Waals surface area contributed by atoms with E-state index in [1.807, 2.05) is 0 Å². The van der Waals surface area contributed by atoms with Gasteiger partial charge in [-0.15, -0.1) is 0 Å². The van der Waals surface area contributed by atoms with Crippen molar-refractivity contribution < 1.29 is 4.43 Å². The summed E-state index contributed by atoms with van der Waals surface area (Å²) in [5.41, 5.74) is 0. The normalized spacial score (nSPS) is 12.2. The molecule has 0 aromatic rings. The highest BCUT2D eigenvalue weighted by atomic mass is 28.2. The molecule has 0 heterocycles. The Morgan fingerprint density at radius 3 is 2.69 bits per heavy atom. The predicted octanol–water partition coefficient (Wildman–Crippen LogP) is 3.05. The van der Waals surface area contributed by atoms with Gasteiger partial charge in [-0.25, -0.2) is 0 Å². The molecule has 0 atom stereocenters. The van der Waals surface area contributed by atoms with Gasteiger partial charge in [0.25, 0.3) is 0 Å². The van der Waals surface area contributed by atoms with Crippen molar-refractivity contribution in [2.24, 2.45) is 0 Å². The summed E-state index contributed by atoms with van der Waals surface area (Å²) in [7, 11) is -0.163. The van der Waals surface area contributed by atoms with E-state index in [2.05, 4.69) is 26.0 Å². The van der Waals surface area contributed by atoms with Crippen molar-refractivity contribution in [3.63, 3.8) is 0 Å². The van der Waals surface area contributed by atoms with Crippen LogP contribution in [-0.2, 0) is 4.43 Å². The molecule has 0 aliphatic rings. The highest BCUT2D eigenvalue weighted by Gasteiger charge is 1.88. The summed E-state index contributed by atoms with van der Waals surface area (Å²) >= 11 is 0. The summed E-state index contributed by atoms with van der Waals surface area (Å²) in [5.74, 6) is 0. The first-order valence-electron chi connectivity index (χ1n) is 5.64. The first-order valence-corrected chi connectivity index (χ1v) is 7.22. The van der Waals surface area contributed by atoms with Crippen LogP contribution in [0.4, 0.5) is 0 Å². The molecular formula is C11H24OSi. The second-order valence-electron chi connectivity index (χ2n) is 3.34. The zero-order valence-electron chi connectivity index (χ0n) is 9.22. The smallest absolute Gasteiger partial charge is 0.161 e. The molecule has 2 heteroatoms. The molecule has 0 aromatic heterocycles. The van der Waals surface area contributed by atoms with Gasteiger partial charge in [-0.1, -0.05) is 38.8 Å². The predicted molar refractivity (Wildman–Crippen MR) is 62.9 cm³/mol. The average molecular weight is 200 g/mol. The largest absolute Gasteiger partial charge is 0.424 e. The molecule has 0 aromatic carbocycles. The zero-order chi connectivity index (χ0) is 9.78. The summed E-state index contributed by atoms with van der Waals surface area (Å²) < 4.78 is 5.62. The van der Waals surface area contributed by atoms with Crippen LogP contribution in [0.25, 0.3) is 0 Å². The average Bonchev–Trinajstić information content (AvgIpc) is 2.16. The summed E-state index contributed by atoms with van der Waals surface area (Å²) in [6.45, 7) is 5.40. The highest BCUT2D eigenvalue weighted by molar-refractivity contribution is 6.26. The molecule has 0 rings (SSSR count). The Morgan fingerprint density at radius 1 is 1.15 bits per heavy atom. The molecule has 0 N–H and O–H groups in total. The number of hydrogen-bond donors (Lipinski definition) is 0. The third kappa shape index (κ3) is 11.9. The van der Waals surface area contributed by atoms with E-state index >= 15 is 0 Å². The number of allylic oxidation sites excluding steroid dienone is 2. The van der Waals surface area contributed by atoms with Crippen molar-refractivity contribution in [1.29, 1.82) is 0 Å². The van der Waals surface area contributed by atoms with Gasteiger partial charge in [-0.05, 0) is 25.3 Å². The fourth-order valence-electron chi connectivity index (χ4n) is 1.14. The summed E-state index contributed by atoms with van der Waals surface area (Å²) in [5, 5.41) is 0. The lowest BCUT2D eigenvalue weighted by molar-refractivity contribution is 0.328. The van der Waals surface area contributed by atoms with Gasteiger partial charge in [0, 0.05) is 6.61 Å². The Kier molecular flexibility index (Phi) is 11.8. The lowest BCUT2D eigenvalue weighted by Gasteiger charge is -2.01. The van der Waals surface area contributed by atoms with E-state index in [9.17, 15) is 0 Å². The molecule has 0 bridgehead atoms. The van der Waals surface area contributed by atoms with Gasteiger partial charge >= 0.3 is 0 Å². The van der Waals surface area contributed by atoms with E-state index in [-0.39, 0.29) is 9.76 Å². The van der Waals surface area contributed by atoms with Crippen LogP contribution in [0.2, 0.25) is 6.04 Å². The molecule has 0 fully saturated rings. The van der Waals surface area contributed by atoms with Gasteiger partial charge < -0.3 is 4.43 Å². The van der Waals surface area contributed by atoms with Crippen molar-refractivity contribution in [2.75, 3.05) is 6.61 Å². The van der Waals surface area contributed by atoms with Gasteiger partial charge in [0.1, 0.15) is 0 Å². The fraction of sp³-hybridized carbons (Fsp3) is 0.818. The molecule has 0 aliphatic heterocycles. The van der Waals surface area contributed by atoms with E-state index in [1.54, 1.807) is 0 Å². The van der Waals surface area contributed by atoms with Crippen LogP contribution >= 0.6 is 0 Å². The van der Waals surface area contributed by atoms with Crippen LogP contribution in [0.5, 0.6) is 0 Å². The lowest BCUT2D eigenvalue weighted by atomic mass is 10.3. The minimum atomic E-state index is -0.163. The number of hydrogen-bond acceptors (Lipinski definition) is 1. The zero-order valence-corrected chi connectivity index (χ0v) is 10.6. The summed E-state index contributed by atoms with van der Waals surface area (Å²) in [4.78, 5) is 0. The molecule has 0 radical (unpaired) electrons. The van der Waals surface area contributed by atoms with E-state index in [1.165, 1.54) is 31.7 Å². The second kappa shape index (κ2) is 11.9. The minimum Gasteiger partial charge on any atom is -0.424 e. The molecule has 13 heavy (non-hydrogen) atoms. The Balaban J connectivity index is 2.87. The van der Waals surface area contributed by atoms with Crippen molar-refractivity contribution in [3.8, 4) is 0 Å². The molecule has 0 unspecified atom stereocenters. The Labute approximate surface area is 85.5 Å². The van der Waals surface area contributed by atoms with Gasteiger partial charge in [0.15, 0.2) is 9.76 Å². The Morgan fingerprint density at radius 2 is 2.00 bits per heavy atom. The third-order valence-electron chi connectivity index (χ3n) is 1.95. The molecule has 0 aliphatic carbocycles. The number of unbranched alkanes of at least 4 members (excludes halogenated alkanes) is 2. The van der Waals surface area contributed by atoms with Crippen molar-refractivity contribution in [2.45, 2.75) is 52.0 Å². The SMILES string of the molecule is CCC=CCCCO[SiH2]CCCC. The maximum Gasteiger partial charge on any atom is 0.161 e. The topological polar surface area (TPSA) is 9.23 Å². The van der Waals surface area contributed by atoms with Crippen molar-refractivity contribution in [3.05, 3.63) is 12.2 Å². The molecule has 1 nitrogen and oxygen atoms in total. The van der Waals surface area contributed by atoms with Crippen LogP contribution in [0.1, 0.15) is 46.0 Å². The lowest BCUT2D eigenvalue weighted by Crippen LogP contribution is -1.99. The van der Waals surface area contributed by atoms with E-state index in [0.29, 0.717) is 0 Å². The van der Waals surface area contributed by atoms with Gasteiger partial charge in [-0.3, -0.25) is 0 Å². The number of rotatable bonds is 9. The molecule has 78 valence electrons. The van der Waals surface area contributed by atoms with Crippen molar-refractivity contribution >= 4 is 9.76 Å². The molecular weight excluding hydrogens is 176 g/mol.